The van der Waals surface area contributed by atoms with E-state index in [2.05, 4.69) is 27.9 Å². The van der Waals surface area contributed by atoms with Gasteiger partial charge in [0.05, 0.1) is 14.6 Å². The van der Waals surface area contributed by atoms with Gasteiger partial charge < -0.3 is 10.4 Å². The van der Waals surface area contributed by atoms with Crippen LogP contribution < -0.4 is 5.32 Å². The maximum Gasteiger partial charge on any atom is 0.252 e. The van der Waals surface area contributed by atoms with Crippen LogP contribution in [0.5, 0.6) is 0 Å². The highest BCUT2D eigenvalue weighted by atomic mass is 127. The van der Waals surface area contributed by atoms with E-state index in [0.29, 0.717) is 12.1 Å². The van der Waals surface area contributed by atoms with Gasteiger partial charge in [-0.2, -0.15) is 0 Å². The molecule has 0 saturated heterocycles. The minimum atomic E-state index is -0.480. The molecule has 3 nitrogen and oxygen atoms in total. The molecule has 0 aromatic carbocycles. The van der Waals surface area contributed by atoms with Crippen LogP contribution in [0.15, 0.2) is 11.4 Å². The number of carbonyl (C=O) groups is 1. The number of nitrogens with one attached hydrogen (secondary N) is 1. The van der Waals surface area contributed by atoms with Crippen molar-refractivity contribution in [1.29, 1.82) is 0 Å². The molecule has 15 heavy (non-hydrogen) atoms. The zero-order valence-corrected chi connectivity index (χ0v) is 11.6. The van der Waals surface area contributed by atoms with Crippen molar-refractivity contribution in [2.45, 2.75) is 20.0 Å². The molecule has 2 N–H and O–H groups in total. The van der Waals surface area contributed by atoms with Gasteiger partial charge in [0.1, 0.15) is 0 Å². The molecule has 1 aromatic heterocycles. The Morgan fingerprint density at radius 1 is 1.67 bits per heavy atom. The molecular formula is C10H14INO2S. The first kappa shape index (κ1) is 12.9. The van der Waals surface area contributed by atoms with Gasteiger partial charge in [-0.25, -0.2) is 0 Å². The van der Waals surface area contributed by atoms with Crippen molar-refractivity contribution in [2.24, 2.45) is 5.92 Å². The summed E-state index contributed by atoms with van der Waals surface area (Å²) in [7, 11) is 0. The molecule has 0 aliphatic heterocycles. The van der Waals surface area contributed by atoms with Gasteiger partial charge in [0.2, 0.25) is 0 Å². The van der Waals surface area contributed by atoms with Crippen LogP contribution in [0.4, 0.5) is 0 Å². The average Bonchev–Trinajstić information content (AvgIpc) is 2.60. The first-order chi connectivity index (χ1) is 7.00. The lowest BCUT2D eigenvalue weighted by molar-refractivity contribution is 0.0872. The number of amides is 1. The Hall–Kier alpha value is -0.140. The van der Waals surface area contributed by atoms with E-state index in [1.54, 1.807) is 0 Å². The summed E-state index contributed by atoms with van der Waals surface area (Å²) in [6, 6.07) is 1.84. The Bertz CT molecular complexity index is 338. The molecular weight excluding hydrogens is 325 g/mol. The Morgan fingerprint density at radius 2 is 2.33 bits per heavy atom. The molecule has 1 unspecified atom stereocenters. The van der Waals surface area contributed by atoms with Gasteiger partial charge in [0, 0.05) is 11.9 Å². The van der Waals surface area contributed by atoms with E-state index < -0.39 is 6.10 Å². The minimum absolute atomic E-state index is 0.117. The number of carbonyl (C=O) groups excluding carboxylic acids is 1. The highest BCUT2D eigenvalue weighted by Gasteiger charge is 2.12. The molecule has 1 aromatic rings. The molecule has 5 heteroatoms. The molecule has 1 heterocycles. The van der Waals surface area contributed by atoms with Gasteiger partial charge in [-0.1, -0.05) is 13.8 Å². The second-order valence-electron chi connectivity index (χ2n) is 3.66. The number of rotatable bonds is 4. The summed E-state index contributed by atoms with van der Waals surface area (Å²) in [6.45, 7) is 4.15. The van der Waals surface area contributed by atoms with Crippen molar-refractivity contribution in [2.75, 3.05) is 6.54 Å². The summed E-state index contributed by atoms with van der Waals surface area (Å²) in [4.78, 5) is 11.6. The SMILES string of the molecule is CC(C)C(O)CNC(=O)c1csc(I)c1. The van der Waals surface area contributed by atoms with E-state index in [-0.39, 0.29) is 11.8 Å². The number of hydrogen-bond acceptors (Lipinski definition) is 3. The number of aliphatic hydroxyl groups is 1. The number of halogens is 1. The molecule has 0 aliphatic carbocycles. The average molecular weight is 339 g/mol. The summed E-state index contributed by atoms with van der Waals surface area (Å²) in [6.07, 6.45) is -0.480. The Labute approximate surface area is 107 Å². The van der Waals surface area contributed by atoms with E-state index >= 15 is 0 Å². The fourth-order valence-electron chi connectivity index (χ4n) is 0.964. The van der Waals surface area contributed by atoms with Crippen molar-refractivity contribution < 1.29 is 9.90 Å². The second-order valence-corrected chi connectivity index (χ2v) is 6.47. The monoisotopic (exact) mass is 339 g/mol. The molecule has 0 radical (unpaired) electrons. The van der Waals surface area contributed by atoms with Crippen LogP contribution in [-0.2, 0) is 0 Å². The van der Waals surface area contributed by atoms with E-state index in [1.165, 1.54) is 11.3 Å². The lowest BCUT2D eigenvalue weighted by atomic mass is 10.1. The third kappa shape index (κ3) is 4.08. The first-order valence-electron chi connectivity index (χ1n) is 4.71. The van der Waals surface area contributed by atoms with E-state index in [9.17, 15) is 9.90 Å². The maximum atomic E-state index is 11.6. The second kappa shape index (κ2) is 5.81. The molecule has 0 fully saturated rings. The smallest absolute Gasteiger partial charge is 0.252 e. The van der Waals surface area contributed by atoms with E-state index in [0.717, 1.165) is 2.88 Å². The molecule has 84 valence electrons. The molecule has 1 amide bonds. The molecule has 0 spiro atoms. The third-order valence-corrected chi connectivity index (χ3v) is 3.86. The van der Waals surface area contributed by atoms with Gasteiger partial charge in [-0.3, -0.25) is 4.79 Å². The Morgan fingerprint density at radius 3 is 2.80 bits per heavy atom. The normalized spacial score (nSPS) is 12.9. The fourth-order valence-corrected chi connectivity index (χ4v) is 2.29. The Kier molecular flexibility index (Phi) is 5.01. The number of aliphatic hydroxyl groups excluding tert-OH is 1. The summed E-state index contributed by atoms with van der Waals surface area (Å²) in [5.41, 5.74) is 0.667. The lowest BCUT2D eigenvalue weighted by Gasteiger charge is -2.14. The Balaban J connectivity index is 2.43. The van der Waals surface area contributed by atoms with Gasteiger partial charge >= 0.3 is 0 Å². The highest BCUT2D eigenvalue weighted by Crippen LogP contribution is 2.16. The molecule has 0 bridgehead atoms. The number of thiophene rings is 1. The molecule has 0 aliphatic rings. The van der Waals surface area contributed by atoms with Crippen molar-refractivity contribution in [3.8, 4) is 0 Å². The topological polar surface area (TPSA) is 49.3 Å². The van der Waals surface area contributed by atoms with Gasteiger partial charge in [0.25, 0.3) is 5.91 Å². The van der Waals surface area contributed by atoms with Crippen LogP contribution in [0.3, 0.4) is 0 Å². The lowest BCUT2D eigenvalue weighted by Crippen LogP contribution is -2.34. The van der Waals surface area contributed by atoms with E-state index in [4.69, 9.17) is 0 Å². The quantitative estimate of drug-likeness (QED) is 0.826. The number of hydrogen-bond donors (Lipinski definition) is 2. The van der Waals surface area contributed by atoms with Crippen LogP contribution in [0.2, 0.25) is 0 Å². The highest BCUT2D eigenvalue weighted by molar-refractivity contribution is 14.1. The maximum absolute atomic E-state index is 11.6. The van der Waals surface area contributed by atoms with Crippen LogP contribution in [0.1, 0.15) is 24.2 Å². The van der Waals surface area contributed by atoms with E-state index in [1.807, 2.05) is 25.3 Å². The first-order valence-corrected chi connectivity index (χ1v) is 6.67. The molecule has 0 saturated carbocycles. The van der Waals surface area contributed by atoms with Crippen molar-refractivity contribution >= 4 is 39.8 Å². The third-order valence-electron chi connectivity index (χ3n) is 2.07. The van der Waals surface area contributed by atoms with Crippen molar-refractivity contribution in [1.82, 2.24) is 5.32 Å². The van der Waals surface area contributed by atoms with Crippen molar-refractivity contribution in [3.05, 3.63) is 19.9 Å². The van der Waals surface area contributed by atoms with Crippen LogP contribution >= 0.6 is 33.9 Å². The zero-order valence-electron chi connectivity index (χ0n) is 8.66. The summed E-state index contributed by atoms with van der Waals surface area (Å²) in [5.74, 6) is 0.0433. The fraction of sp³-hybridized carbons (Fsp3) is 0.500. The zero-order chi connectivity index (χ0) is 11.4. The summed E-state index contributed by atoms with van der Waals surface area (Å²) >= 11 is 3.71. The summed E-state index contributed by atoms with van der Waals surface area (Å²) in [5, 5.41) is 14.0. The van der Waals surface area contributed by atoms with Gasteiger partial charge in [-0.15, -0.1) is 11.3 Å². The van der Waals surface area contributed by atoms with Gasteiger partial charge in [-0.05, 0) is 34.6 Å². The van der Waals surface area contributed by atoms with Gasteiger partial charge in [0.15, 0.2) is 0 Å². The van der Waals surface area contributed by atoms with Crippen LogP contribution in [-0.4, -0.2) is 23.7 Å². The largest absolute Gasteiger partial charge is 0.391 e. The molecule has 1 rings (SSSR count). The van der Waals surface area contributed by atoms with Crippen molar-refractivity contribution in [3.63, 3.8) is 0 Å². The van der Waals surface area contributed by atoms with Crippen LogP contribution in [0.25, 0.3) is 0 Å². The van der Waals surface area contributed by atoms with Crippen LogP contribution in [0, 0.1) is 8.80 Å². The minimum Gasteiger partial charge on any atom is -0.391 e. The standard InChI is InChI=1S/C10H14INO2S/c1-6(2)8(13)4-12-10(14)7-3-9(11)15-5-7/h3,5-6,8,13H,4H2,1-2H3,(H,12,14). The predicted molar refractivity (Wildman–Crippen MR) is 70.2 cm³/mol. The summed E-state index contributed by atoms with van der Waals surface area (Å²) < 4.78 is 1.09. The molecule has 1 atom stereocenters. The predicted octanol–water partition coefficient (Wildman–Crippen LogP) is 2.10.